The maximum Gasteiger partial charge on any atom is 0.109 e. The first-order valence-electron chi connectivity index (χ1n) is 4.74. The normalized spacial score (nSPS) is 31.6. The van der Waals surface area contributed by atoms with Crippen LogP contribution in [0.15, 0.2) is 0 Å². The summed E-state index contributed by atoms with van der Waals surface area (Å²) in [6, 6.07) is -0.340. The van der Waals surface area contributed by atoms with Crippen molar-refractivity contribution in [3.8, 4) is 0 Å². The zero-order valence-electron chi connectivity index (χ0n) is 8.16. The molecule has 1 saturated heterocycles. The van der Waals surface area contributed by atoms with Crippen LogP contribution in [0.5, 0.6) is 0 Å². The molecule has 1 rings (SSSR count). The summed E-state index contributed by atoms with van der Waals surface area (Å²) in [7, 11) is 1.63. The summed E-state index contributed by atoms with van der Waals surface area (Å²) < 4.78 is 10.7. The van der Waals surface area contributed by atoms with Crippen LogP contribution in [0.1, 0.15) is 19.3 Å². The van der Waals surface area contributed by atoms with Gasteiger partial charge in [0, 0.05) is 13.7 Å². The zero-order chi connectivity index (χ0) is 9.73. The Morgan fingerprint density at radius 2 is 2.38 bits per heavy atom. The molecule has 0 bridgehead atoms. The second-order valence-electron chi connectivity index (χ2n) is 3.59. The minimum absolute atomic E-state index is 0.0522. The summed E-state index contributed by atoms with van der Waals surface area (Å²) in [5.41, 5.74) is 5.36. The number of rotatable bonds is 4. The minimum atomic E-state index is -0.457. The molecule has 1 fully saturated rings. The number of ether oxygens (including phenoxy) is 2. The van der Waals surface area contributed by atoms with Gasteiger partial charge in [0.2, 0.25) is 0 Å². The molecule has 3 N–H and O–H groups in total. The fourth-order valence-electron chi connectivity index (χ4n) is 1.80. The molecule has 0 radical (unpaired) electrons. The first-order valence-corrected chi connectivity index (χ1v) is 4.74. The summed E-state index contributed by atoms with van der Waals surface area (Å²) in [6.07, 6.45) is 3.04. The molecule has 0 aromatic heterocycles. The number of methoxy groups -OCH3 is 1. The predicted octanol–water partition coefficient (Wildman–Crippen LogP) is -0.108. The number of aliphatic hydroxyl groups excluding tert-OH is 1. The molecule has 0 aromatic carbocycles. The predicted molar refractivity (Wildman–Crippen MR) is 49.5 cm³/mol. The van der Waals surface area contributed by atoms with E-state index in [-0.39, 0.29) is 12.6 Å². The smallest absolute Gasteiger partial charge is 0.109 e. The lowest BCUT2D eigenvalue weighted by Crippen LogP contribution is -2.56. The summed E-state index contributed by atoms with van der Waals surface area (Å²) in [4.78, 5) is 0. The van der Waals surface area contributed by atoms with E-state index in [0.717, 1.165) is 25.9 Å². The van der Waals surface area contributed by atoms with Gasteiger partial charge < -0.3 is 20.3 Å². The van der Waals surface area contributed by atoms with Crippen LogP contribution >= 0.6 is 0 Å². The standard InChI is InChI=1S/C9H19NO3/c1-12-7-9(8(10)6-11)4-2-3-5-13-9/h8,11H,2-7,10H2,1H3/t8-,9?/m0/s1. The van der Waals surface area contributed by atoms with Gasteiger partial charge in [-0.2, -0.15) is 0 Å². The van der Waals surface area contributed by atoms with E-state index in [1.165, 1.54) is 0 Å². The van der Waals surface area contributed by atoms with Crippen molar-refractivity contribution >= 4 is 0 Å². The highest BCUT2D eigenvalue weighted by atomic mass is 16.5. The van der Waals surface area contributed by atoms with Gasteiger partial charge in [-0.3, -0.25) is 0 Å². The molecule has 0 aromatic rings. The average Bonchev–Trinajstić information content (AvgIpc) is 2.18. The Morgan fingerprint density at radius 3 is 2.85 bits per heavy atom. The Balaban J connectivity index is 2.60. The van der Waals surface area contributed by atoms with Gasteiger partial charge in [0.15, 0.2) is 0 Å². The Kier molecular flexibility index (Phi) is 4.12. The van der Waals surface area contributed by atoms with E-state index in [1.807, 2.05) is 0 Å². The number of hydrogen-bond acceptors (Lipinski definition) is 4. The van der Waals surface area contributed by atoms with E-state index in [0.29, 0.717) is 6.61 Å². The summed E-state index contributed by atoms with van der Waals surface area (Å²) >= 11 is 0. The third kappa shape index (κ3) is 2.40. The lowest BCUT2D eigenvalue weighted by Gasteiger charge is -2.40. The van der Waals surface area contributed by atoms with Crippen LogP contribution in [-0.2, 0) is 9.47 Å². The molecule has 1 aliphatic heterocycles. The molecule has 0 saturated carbocycles. The van der Waals surface area contributed by atoms with E-state index < -0.39 is 5.60 Å². The molecule has 0 aliphatic carbocycles. The molecule has 1 aliphatic rings. The van der Waals surface area contributed by atoms with Crippen LogP contribution in [0.4, 0.5) is 0 Å². The van der Waals surface area contributed by atoms with Gasteiger partial charge in [-0.15, -0.1) is 0 Å². The lowest BCUT2D eigenvalue weighted by atomic mass is 9.88. The topological polar surface area (TPSA) is 64.7 Å². The van der Waals surface area contributed by atoms with Crippen molar-refractivity contribution in [1.82, 2.24) is 0 Å². The van der Waals surface area contributed by atoms with Gasteiger partial charge in [-0.25, -0.2) is 0 Å². The van der Waals surface area contributed by atoms with Gasteiger partial charge >= 0.3 is 0 Å². The highest BCUT2D eigenvalue weighted by Crippen LogP contribution is 2.27. The van der Waals surface area contributed by atoms with E-state index in [2.05, 4.69) is 0 Å². The molecule has 0 spiro atoms. The second kappa shape index (κ2) is 4.91. The van der Waals surface area contributed by atoms with Crippen molar-refractivity contribution < 1.29 is 14.6 Å². The van der Waals surface area contributed by atoms with E-state index >= 15 is 0 Å². The second-order valence-corrected chi connectivity index (χ2v) is 3.59. The van der Waals surface area contributed by atoms with E-state index in [9.17, 15) is 0 Å². The Labute approximate surface area is 79.0 Å². The van der Waals surface area contributed by atoms with Gasteiger partial charge in [0.05, 0.1) is 19.3 Å². The van der Waals surface area contributed by atoms with Crippen molar-refractivity contribution in [3.05, 3.63) is 0 Å². The first-order chi connectivity index (χ1) is 6.25. The van der Waals surface area contributed by atoms with Crippen molar-refractivity contribution in [2.45, 2.75) is 30.9 Å². The zero-order valence-corrected chi connectivity index (χ0v) is 8.16. The molecule has 4 heteroatoms. The number of hydrogen-bond donors (Lipinski definition) is 2. The van der Waals surface area contributed by atoms with Crippen molar-refractivity contribution in [2.75, 3.05) is 26.9 Å². The third-order valence-electron chi connectivity index (χ3n) is 2.64. The van der Waals surface area contributed by atoms with Crippen molar-refractivity contribution in [2.24, 2.45) is 5.73 Å². The summed E-state index contributed by atoms with van der Waals surface area (Å²) in [6.45, 7) is 1.13. The van der Waals surface area contributed by atoms with E-state index in [4.69, 9.17) is 20.3 Å². The molecule has 78 valence electrons. The third-order valence-corrected chi connectivity index (χ3v) is 2.64. The molecule has 1 unspecified atom stereocenters. The molecule has 1 heterocycles. The first kappa shape index (κ1) is 10.9. The fourth-order valence-corrected chi connectivity index (χ4v) is 1.80. The van der Waals surface area contributed by atoms with Crippen molar-refractivity contribution in [1.29, 1.82) is 0 Å². The monoisotopic (exact) mass is 189 g/mol. The van der Waals surface area contributed by atoms with Gasteiger partial charge in [-0.05, 0) is 19.3 Å². The maximum atomic E-state index is 9.02. The molecular formula is C9H19NO3. The van der Waals surface area contributed by atoms with Crippen LogP contribution in [0, 0.1) is 0 Å². The Hall–Kier alpha value is -0.160. The van der Waals surface area contributed by atoms with Crippen LogP contribution in [0.3, 0.4) is 0 Å². The fraction of sp³-hybridized carbons (Fsp3) is 1.00. The van der Waals surface area contributed by atoms with E-state index in [1.54, 1.807) is 7.11 Å². The minimum Gasteiger partial charge on any atom is -0.395 e. The maximum absolute atomic E-state index is 9.02. The van der Waals surface area contributed by atoms with Crippen LogP contribution in [-0.4, -0.2) is 43.7 Å². The SMILES string of the molecule is COCC1([C@@H](N)CO)CCCCO1. The summed E-state index contributed by atoms with van der Waals surface area (Å²) in [5, 5.41) is 9.02. The molecular weight excluding hydrogens is 170 g/mol. The largest absolute Gasteiger partial charge is 0.395 e. The Morgan fingerprint density at radius 1 is 1.62 bits per heavy atom. The molecule has 4 nitrogen and oxygen atoms in total. The quantitative estimate of drug-likeness (QED) is 0.647. The number of nitrogens with two attached hydrogens (primary N) is 1. The molecule has 2 atom stereocenters. The van der Waals surface area contributed by atoms with Gasteiger partial charge in [0.1, 0.15) is 5.60 Å². The van der Waals surface area contributed by atoms with Crippen LogP contribution < -0.4 is 5.73 Å². The lowest BCUT2D eigenvalue weighted by molar-refractivity contribution is -0.135. The van der Waals surface area contributed by atoms with Gasteiger partial charge in [-0.1, -0.05) is 0 Å². The van der Waals surface area contributed by atoms with Crippen molar-refractivity contribution in [3.63, 3.8) is 0 Å². The highest BCUT2D eigenvalue weighted by Gasteiger charge is 2.39. The molecule has 13 heavy (non-hydrogen) atoms. The Bertz CT molecular complexity index is 140. The molecule has 0 amide bonds. The van der Waals surface area contributed by atoms with Crippen LogP contribution in [0.25, 0.3) is 0 Å². The average molecular weight is 189 g/mol. The number of aliphatic hydroxyl groups is 1. The highest BCUT2D eigenvalue weighted by molar-refractivity contribution is 4.93. The van der Waals surface area contributed by atoms with Crippen LogP contribution in [0.2, 0.25) is 0 Å². The van der Waals surface area contributed by atoms with Gasteiger partial charge in [0.25, 0.3) is 0 Å². The summed E-state index contributed by atoms with van der Waals surface area (Å²) in [5.74, 6) is 0.